The number of thiazole rings is 1. The second-order valence-electron chi connectivity index (χ2n) is 6.67. The van der Waals surface area contributed by atoms with Crippen LogP contribution in [0.5, 0.6) is 11.5 Å². The van der Waals surface area contributed by atoms with Gasteiger partial charge in [-0.2, -0.15) is 5.10 Å². The molecule has 0 spiro atoms. The summed E-state index contributed by atoms with van der Waals surface area (Å²) in [6.07, 6.45) is 1.26. The molecular weight excluding hydrogens is 470 g/mol. The Bertz CT molecular complexity index is 1460. The molecule has 0 N–H and O–H groups in total. The fourth-order valence-corrected chi connectivity index (χ4v) is 3.83. The zero-order chi connectivity index (χ0) is 24.2. The summed E-state index contributed by atoms with van der Waals surface area (Å²) in [4.78, 5) is 14.7. The van der Waals surface area contributed by atoms with E-state index in [9.17, 15) is 18.9 Å². The maximum absolute atomic E-state index is 14.3. The summed E-state index contributed by atoms with van der Waals surface area (Å²) in [6.45, 7) is 0. The van der Waals surface area contributed by atoms with Gasteiger partial charge in [-0.15, -0.1) is 11.3 Å². The highest BCUT2D eigenvalue weighted by molar-refractivity contribution is 7.07. The van der Waals surface area contributed by atoms with Crippen LogP contribution in [0.2, 0.25) is 0 Å². The van der Waals surface area contributed by atoms with Crippen molar-refractivity contribution in [3.05, 3.63) is 86.2 Å². The van der Waals surface area contributed by atoms with Gasteiger partial charge >= 0.3 is 5.88 Å². The lowest BCUT2D eigenvalue weighted by Gasteiger charge is -2.11. The molecule has 12 heteroatoms. The maximum atomic E-state index is 14.3. The first-order valence-corrected chi connectivity index (χ1v) is 10.5. The van der Waals surface area contributed by atoms with E-state index >= 15 is 0 Å². The van der Waals surface area contributed by atoms with E-state index in [1.165, 1.54) is 43.3 Å². The highest BCUT2D eigenvalue weighted by Gasteiger charge is 2.16. The lowest BCUT2D eigenvalue weighted by Crippen LogP contribution is -2.12. The molecule has 0 aliphatic carbocycles. The average molecular weight is 486 g/mol. The highest BCUT2D eigenvalue weighted by Crippen LogP contribution is 2.34. The first kappa shape index (κ1) is 22.9. The van der Waals surface area contributed by atoms with Gasteiger partial charge in [0.2, 0.25) is 4.80 Å². The Labute approximate surface area is 195 Å². The van der Waals surface area contributed by atoms with Crippen LogP contribution in [0.1, 0.15) is 5.76 Å². The molecule has 0 atom stereocenters. The lowest BCUT2D eigenvalue weighted by atomic mass is 10.1. The second-order valence-corrected chi connectivity index (χ2v) is 7.50. The molecule has 4 aromatic rings. The van der Waals surface area contributed by atoms with Gasteiger partial charge in [0.05, 0.1) is 32.2 Å². The largest absolute Gasteiger partial charge is 0.497 e. The van der Waals surface area contributed by atoms with E-state index in [4.69, 9.17) is 13.9 Å². The average Bonchev–Trinajstić information content (AvgIpc) is 3.46. The van der Waals surface area contributed by atoms with Gasteiger partial charge < -0.3 is 13.9 Å². The molecule has 174 valence electrons. The van der Waals surface area contributed by atoms with E-state index < -0.39 is 22.4 Å². The summed E-state index contributed by atoms with van der Waals surface area (Å²) in [5, 5.41) is 17.0. The number of methoxy groups -OCH3 is 2. The zero-order valence-corrected chi connectivity index (χ0v) is 18.6. The molecule has 0 radical (unpaired) electrons. The van der Waals surface area contributed by atoms with Crippen LogP contribution < -0.4 is 14.3 Å². The number of furan rings is 1. The van der Waals surface area contributed by atoms with Crippen LogP contribution >= 0.6 is 11.3 Å². The van der Waals surface area contributed by atoms with E-state index in [2.05, 4.69) is 10.1 Å². The Morgan fingerprint density at radius 1 is 1.12 bits per heavy atom. The Morgan fingerprint density at radius 2 is 1.94 bits per heavy atom. The number of aromatic nitrogens is 1. The molecule has 0 aliphatic heterocycles. The highest BCUT2D eigenvalue weighted by atomic mass is 32.1. The Morgan fingerprint density at radius 3 is 2.62 bits per heavy atom. The first-order chi connectivity index (χ1) is 16.4. The van der Waals surface area contributed by atoms with Crippen LogP contribution in [0.25, 0.3) is 11.3 Å². The zero-order valence-electron chi connectivity index (χ0n) is 17.8. The predicted molar refractivity (Wildman–Crippen MR) is 121 cm³/mol. The number of rotatable bonds is 7. The number of nitrogens with zero attached hydrogens (tertiary/aromatic N) is 4. The van der Waals surface area contributed by atoms with Crippen LogP contribution in [0.15, 0.2) is 68.4 Å². The Kier molecular flexibility index (Phi) is 6.50. The molecule has 0 bridgehead atoms. The van der Waals surface area contributed by atoms with Gasteiger partial charge in [-0.05, 0) is 36.4 Å². The van der Waals surface area contributed by atoms with E-state index in [0.717, 1.165) is 23.5 Å². The van der Waals surface area contributed by atoms with Gasteiger partial charge in [0.15, 0.2) is 11.6 Å². The molecule has 0 aliphatic rings. The summed E-state index contributed by atoms with van der Waals surface area (Å²) < 4.78 is 44.9. The van der Waals surface area contributed by atoms with E-state index in [-0.39, 0.29) is 16.2 Å². The number of nitro groups is 1. The van der Waals surface area contributed by atoms with Crippen molar-refractivity contribution >= 4 is 29.1 Å². The van der Waals surface area contributed by atoms with Crippen LogP contribution in [0.4, 0.5) is 20.4 Å². The molecule has 2 heterocycles. The molecule has 0 saturated heterocycles. The van der Waals surface area contributed by atoms with Crippen LogP contribution in [0, 0.1) is 21.7 Å². The molecular formula is C22H16F2N4O5S. The van der Waals surface area contributed by atoms with Gasteiger partial charge in [-0.3, -0.25) is 10.1 Å². The lowest BCUT2D eigenvalue weighted by molar-refractivity contribution is -0.402. The quantitative estimate of drug-likeness (QED) is 0.205. The molecule has 2 aromatic carbocycles. The summed E-state index contributed by atoms with van der Waals surface area (Å²) in [6, 6.07) is 10.8. The van der Waals surface area contributed by atoms with Crippen molar-refractivity contribution in [2.24, 2.45) is 10.1 Å². The van der Waals surface area contributed by atoms with Gasteiger partial charge in [-0.25, -0.2) is 18.4 Å². The number of halogens is 2. The Balaban J connectivity index is 1.90. The fraction of sp³-hybridized carbons (Fsp3) is 0.0909. The number of benzene rings is 2. The van der Waals surface area contributed by atoms with Crippen molar-refractivity contribution in [3.8, 4) is 22.8 Å². The van der Waals surface area contributed by atoms with Gasteiger partial charge in [-0.1, -0.05) is 0 Å². The number of hydrogen-bond donors (Lipinski definition) is 0. The van der Waals surface area contributed by atoms with Crippen molar-refractivity contribution in [2.75, 3.05) is 14.2 Å². The third-order valence-corrected chi connectivity index (χ3v) is 5.40. The summed E-state index contributed by atoms with van der Waals surface area (Å²) in [5.74, 6) is -0.823. The molecule has 0 fully saturated rings. The van der Waals surface area contributed by atoms with E-state index in [1.807, 2.05) is 0 Å². The standard InChI is InChI=1S/C22H16F2N4O5S/c1-31-14-4-7-20(32-2)16(10-14)19-12-34-22(26-18-6-3-13(23)9-17(18)24)27(19)25-11-15-5-8-21(33-15)28(29)30/h3-12H,1-2H3. The molecule has 4 rings (SSSR count). The third-order valence-electron chi connectivity index (χ3n) is 4.59. The van der Waals surface area contributed by atoms with Crippen molar-refractivity contribution in [2.45, 2.75) is 0 Å². The maximum Gasteiger partial charge on any atom is 0.433 e. The molecule has 0 amide bonds. The monoisotopic (exact) mass is 486 g/mol. The topological polar surface area (TPSA) is 104 Å². The van der Waals surface area contributed by atoms with Gasteiger partial charge in [0.25, 0.3) is 0 Å². The SMILES string of the molecule is COc1ccc(OC)c(-c2csc(=Nc3ccc(F)cc3F)n2N=Cc2ccc([N+](=O)[O-])o2)c1. The second kappa shape index (κ2) is 9.67. The minimum Gasteiger partial charge on any atom is -0.497 e. The van der Waals surface area contributed by atoms with E-state index in [1.54, 1.807) is 23.6 Å². The van der Waals surface area contributed by atoms with Crippen molar-refractivity contribution in [1.82, 2.24) is 4.68 Å². The summed E-state index contributed by atoms with van der Waals surface area (Å²) >= 11 is 1.14. The molecule has 2 aromatic heterocycles. The predicted octanol–water partition coefficient (Wildman–Crippen LogP) is 5.13. The minimum atomic E-state index is -0.842. The van der Waals surface area contributed by atoms with Crippen LogP contribution in [-0.2, 0) is 0 Å². The first-order valence-electron chi connectivity index (χ1n) is 9.61. The molecule has 0 saturated carbocycles. The van der Waals surface area contributed by atoms with Gasteiger partial charge in [0.1, 0.15) is 27.9 Å². The van der Waals surface area contributed by atoms with Crippen molar-refractivity contribution in [3.63, 3.8) is 0 Å². The van der Waals surface area contributed by atoms with Crippen molar-refractivity contribution < 1.29 is 27.6 Å². The normalized spacial score (nSPS) is 11.8. The minimum absolute atomic E-state index is 0.0926. The summed E-state index contributed by atoms with van der Waals surface area (Å²) in [5.41, 5.74) is 1.02. The third kappa shape index (κ3) is 4.71. The van der Waals surface area contributed by atoms with Crippen molar-refractivity contribution in [1.29, 1.82) is 0 Å². The Hall–Kier alpha value is -4.32. The van der Waals surface area contributed by atoms with Gasteiger partial charge in [0, 0.05) is 17.0 Å². The fourth-order valence-electron chi connectivity index (χ4n) is 2.99. The molecule has 9 nitrogen and oxygen atoms in total. The molecule has 0 unspecified atom stereocenters. The smallest absolute Gasteiger partial charge is 0.433 e. The number of ether oxygens (including phenoxy) is 2. The van der Waals surface area contributed by atoms with Crippen LogP contribution in [0.3, 0.4) is 0 Å². The van der Waals surface area contributed by atoms with E-state index in [0.29, 0.717) is 22.8 Å². The summed E-state index contributed by atoms with van der Waals surface area (Å²) in [7, 11) is 3.03. The van der Waals surface area contributed by atoms with Crippen LogP contribution in [-0.4, -0.2) is 30.0 Å². The number of hydrogen-bond acceptors (Lipinski definition) is 8. The molecule has 34 heavy (non-hydrogen) atoms.